The molecular weight excluding hydrogens is 1870 g/mol. The Bertz CT molecular complexity index is 6480. The highest BCUT2D eigenvalue weighted by Crippen LogP contribution is 2.28. The van der Waals surface area contributed by atoms with E-state index in [9.17, 15) is 77.3 Å². The summed E-state index contributed by atoms with van der Waals surface area (Å²) in [5.41, 5.74) is 4.02. The van der Waals surface area contributed by atoms with E-state index >= 15 is 0 Å². The Kier molecular flexibility index (Phi) is 43.0. The van der Waals surface area contributed by atoms with Crippen molar-refractivity contribution in [1.82, 2.24) is 37.4 Å². The van der Waals surface area contributed by atoms with E-state index in [0.717, 1.165) is 36.0 Å². The van der Waals surface area contributed by atoms with Crippen molar-refractivity contribution >= 4 is 93.0 Å². The van der Waals surface area contributed by atoms with Crippen molar-refractivity contribution in [2.24, 2.45) is 23.7 Å². The molecule has 0 aliphatic heterocycles. The number of rotatable bonds is 46. The third-order valence-corrected chi connectivity index (χ3v) is 23.0. The summed E-state index contributed by atoms with van der Waals surface area (Å²) in [7, 11) is 0. The number of carbonyl (C=O) groups is 8. The number of carboxylic acid groups (broad SMARTS) is 2. The molecule has 0 saturated heterocycles. The van der Waals surface area contributed by atoms with Crippen LogP contribution < -0.4 is 43.1 Å². The minimum Gasteiger partial charge on any atom is -0.481 e. The fraction of sp³-hybridized carbons (Fsp3) is 0.283. The molecule has 0 aliphatic carbocycles. The molecule has 34 heteroatoms. The predicted molar refractivity (Wildman–Crippen MR) is 534 cm³/mol. The molecule has 4 aromatic heterocycles. The lowest BCUT2D eigenvalue weighted by molar-refractivity contribution is -0.144. The van der Waals surface area contributed by atoms with Crippen LogP contribution in [0.25, 0.3) is 64.4 Å². The summed E-state index contributed by atoms with van der Waals surface area (Å²) in [6.07, 6.45) is 2.29. The monoisotopic (exact) mass is 1970 g/mol. The van der Waals surface area contributed by atoms with E-state index in [-0.39, 0.29) is 139 Å². The van der Waals surface area contributed by atoms with Gasteiger partial charge in [0.1, 0.15) is 11.6 Å². The third kappa shape index (κ3) is 34.1. The van der Waals surface area contributed by atoms with Crippen LogP contribution in [0, 0.1) is 50.0 Å². The van der Waals surface area contributed by atoms with Crippen LogP contribution in [0.3, 0.4) is 0 Å². The van der Waals surface area contributed by atoms with Crippen LogP contribution in [0.5, 0.6) is 12.0 Å². The lowest BCUT2D eigenvalue weighted by atomic mass is 9.91. The Hall–Kier alpha value is -15.4. The molecule has 2 N–H and O–H groups in total. The summed E-state index contributed by atoms with van der Waals surface area (Å²) in [6.45, 7) is 30.8. The Morgan fingerprint density at radius 2 is 0.579 bits per heavy atom. The van der Waals surface area contributed by atoms with Gasteiger partial charge in [0, 0.05) is 119 Å². The van der Waals surface area contributed by atoms with Crippen molar-refractivity contribution in [3.8, 4) is 57.1 Å². The summed E-state index contributed by atoms with van der Waals surface area (Å²) in [5, 5.41) is 21.3. The van der Waals surface area contributed by atoms with Gasteiger partial charge in [-0.15, -0.1) is 0 Å². The fourth-order valence-corrected chi connectivity index (χ4v) is 15.3. The maximum atomic E-state index is 13.3. The number of hydrogen-bond acceptors (Lipinski definition) is 18. The number of aliphatic carboxylic acids is 2. The van der Waals surface area contributed by atoms with E-state index < -0.39 is 93.9 Å². The number of halogens is 4. The highest BCUT2D eigenvalue weighted by Gasteiger charge is 2.29. The smallest absolute Gasteiger partial charge is 0.331 e. The van der Waals surface area contributed by atoms with Gasteiger partial charge >= 0.3 is 23.3 Å². The number of nitrogens with zero attached hydrogens (tertiary/aromatic N) is 12. The number of carbonyl (C=O) groups excluding carboxylic acids is 6. The molecule has 4 heterocycles. The zero-order valence-electron chi connectivity index (χ0n) is 76.7. The molecule has 30 nitrogen and oxygen atoms in total. The van der Waals surface area contributed by atoms with Crippen LogP contribution in [0.4, 0.5) is 0 Å². The number of carboxylic acids is 2. The minimum atomic E-state index is -1.12. The molecule has 140 heavy (non-hydrogen) atoms. The molecule has 12 aromatic rings. The maximum Gasteiger partial charge on any atom is 0.331 e. The van der Waals surface area contributed by atoms with E-state index in [1.165, 1.54) is 51.8 Å². The van der Waals surface area contributed by atoms with Crippen LogP contribution in [0.1, 0.15) is 87.5 Å². The van der Waals surface area contributed by atoms with Gasteiger partial charge in [0.25, 0.3) is 34.3 Å². The molecule has 0 fully saturated rings. The van der Waals surface area contributed by atoms with Crippen molar-refractivity contribution in [2.45, 2.75) is 130 Å². The van der Waals surface area contributed by atoms with Crippen molar-refractivity contribution < 1.29 is 58.0 Å². The first-order valence-electron chi connectivity index (χ1n) is 44.6. The molecule has 12 rings (SSSR count). The number of ether oxygens (including phenoxy) is 2. The van der Waals surface area contributed by atoms with Crippen LogP contribution >= 0.6 is 46.4 Å². The minimum absolute atomic E-state index is 0.00298. The third-order valence-electron chi connectivity index (χ3n) is 22.0. The molecule has 0 amide bonds. The van der Waals surface area contributed by atoms with Gasteiger partial charge < -0.3 is 39.1 Å². The molecule has 720 valence electrons. The van der Waals surface area contributed by atoms with Crippen molar-refractivity contribution in [2.75, 3.05) is 39.4 Å². The SMILES string of the molecule is [C-]#[N+]CCCOc1nc(-c2ccc(Cl)cc2)cc(=O)n1CC(=O)CC(Cc1ccccc1)C(=O)O.[C-]#[N+]CCCOc1nc(-c2ccc(Cl)cc2)cc(=O)n1CC(=O)CC(Cc1ccccc1)C(C)=O.[C-]#[N+]CCCn1c(-c2ccc(Cl)cc2)cc(=O)n(CC(=O)CC(Cc2ccccc2)C(=O)O)c1=O.[C-]#[N+]CCCn1c(-c2ccc(Cl)cc2)cc(=O)n(CC(=O)CC(Cc2ccccc2)C(C)=O)c1=O. The molecule has 0 bridgehead atoms. The number of Topliss-reactive ketones (excluding diaryl/α,β-unsaturated/α-hetero) is 6. The topological polar surface area (TPSA) is 371 Å². The largest absolute Gasteiger partial charge is 0.481 e. The van der Waals surface area contributed by atoms with Gasteiger partial charge in [0.15, 0.2) is 23.1 Å². The van der Waals surface area contributed by atoms with Gasteiger partial charge in [-0.1, -0.05) is 216 Å². The number of aromatic nitrogens is 8. The predicted octanol–water partition coefficient (Wildman–Crippen LogP) is 16.4. The first-order chi connectivity index (χ1) is 67.3. The molecule has 0 saturated carbocycles. The molecule has 8 aromatic carbocycles. The molecular formula is C106H100Cl4N12O18. The van der Waals surface area contributed by atoms with E-state index in [1.807, 2.05) is 72.8 Å². The van der Waals surface area contributed by atoms with E-state index in [4.69, 9.17) is 82.2 Å². The zero-order chi connectivity index (χ0) is 101. The average molecular weight is 1970 g/mol. The van der Waals surface area contributed by atoms with Gasteiger partial charge in [-0.25, -0.2) is 35.9 Å². The van der Waals surface area contributed by atoms with Gasteiger partial charge in [-0.3, -0.25) is 84.9 Å². The number of ketones is 6. The van der Waals surface area contributed by atoms with Crippen molar-refractivity contribution in [3.05, 3.63) is 393 Å². The lowest BCUT2D eigenvalue weighted by Crippen LogP contribution is -2.42. The lowest BCUT2D eigenvalue weighted by Gasteiger charge is -2.16. The first kappa shape index (κ1) is 108. The molecule has 0 aliphatic rings. The average Bonchev–Trinajstić information content (AvgIpc) is 0.780. The zero-order valence-corrected chi connectivity index (χ0v) is 79.7. The highest BCUT2D eigenvalue weighted by molar-refractivity contribution is 6.31. The normalized spacial score (nSPS) is 11.5. The van der Waals surface area contributed by atoms with Gasteiger partial charge in [0.05, 0.1) is 86.8 Å². The summed E-state index contributed by atoms with van der Waals surface area (Å²) < 4.78 is 18.2. The second-order valence-corrected chi connectivity index (χ2v) is 34.3. The van der Waals surface area contributed by atoms with Crippen LogP contribution in [0.2, 0.25) is 20.1 Å². The molecule has 0 spiro atoms. The molecule has 4 atom stereocenters. The second-order valence-electron chi connectivity index (χ2n) is 32.6. The van der Waals surface area contributed by atoms with Gasteiger partial charge in [-0.05, 0) is 121 Å². The summed E-state index contributed by atoms with van der Waals surface area (Å²) in [4.78, 5) is 200. The van der Waals surface area contributed by atoms with Gasteiger partial charge in [-0.2, -0.15) is 9.97 Å². The Morgan fingerprint density at radius 1 is 0.329 bits per heavy atom. The summed E-state index contributed by atoms with van der Waals surface area (Å²) >= 11 is 23.8. The molecule has 0 radical (unpaired) electrons. The Balaban J connectivity index is 0.000000209. The van der Waals surface area contributed by atoms with E-state index in [1.54, 1.807) is 146 Å². The van der Waals surface area contributed by atoms with Gasteiger partial charge in [0.2, 0.25) is 26.2 Å². The van der Waals surface area contributed by atoms with Crippen molar-refractivity contribution in [3.63, 3.8) is 0 Å². The van der Waals surface area contributed by atoms with E-state index in [0.29, 0.717) is 104 Å². The highest BCUT2D eigenvalue weighted by atomic mass is 35.5. The quantitative estimate of drug-likeness (QED) is 0.0264. The van der Waals surface area contributed by atoms with E-state index in [2.05, 4.69) is 29.3 Å². The first-order valence-corrected chi connectivity index (χ1v) is 46.1. The fourth-order valence-electron chi connectivity index (χ4n) is 14.8. The Labute approximate surface area is 826 Å². The maximum absolute atomic E-state index is 13.3. The Morgan fingerprint density at radius 3 is 0.850 bits per heavy atom. The summed E-state index contributed by atoms with van der Waals surface area (Å²) in [6, 6.07) is 69.1. The van der Waals surface area contributed by atoms with Crippen molar-refractivity contribution in [1.29, 1.82) is 0 Å². The number of hydrogen-bond donors (Lipinski definition) is 2. The summed E-state index contributed by atoms with van der Waals surface area (Å²) in [5.74, 6) is -6.92. The number of benzene rings is 8. The van der Waals surface area contributed by atoms with Crippen LogP contribution in [-0.4, -0.2) is 134 Å². The standard InChI is InChI=1S/2C27H26ClN3O4.2C26H24ClN3O5/c1-19(32)22(15-20-7-4-3-5-8-20)16-24(33)18-31-26(34)17-25(21-9-11-23(28)12-10-21)30-27(31)35-14-6-13-29-2;1-19(32)22(15-20-7-4-3-5-8-20)16-24(33)18-31-26(34)17-25(21-9-11-23(28)12-10-21)30(27(31)35)14-6-13-29-2;1-28-12-5-13-35-26-29-23(19-8-10-21(27)11-9-19)16-24(32)30(26)17-22(31)15-20(25(33)34)14-18-6-3-2-4-7-18;1-28-12-5-13-29-23(19-8-10-21(27)11-9-19)16-24(32)30(26(29)35)17-22(31)15-20(25(33)34)14-18-6-3-2-4-7-18/h2*3-5,7-12,17,22H,6,13-16,18H2,1H3;2*2-4,6-11,16,20H,5,12-15,17H2,(H,33,34). The van der Waals surface area contributed by atoms with Crippen LogP contribution in [0.15, 0.2) is 271 Å². The van der Waals surface area contributed by atoms with Crippen LogP contribution in [-0.2, 0) is 103 Å². The second kappa shape index (κ2) is 55.7. The molecule has 4 unspecified atom stereocenters.